The van der Waals surface area contributed by atoms with Crippen LogP contribution in [0, 0.1) is 0 Å². The summed E-state index contributed by atoms with van der Waals surface area (Å²) in [6, 6.07) is 14.0. The van der Waals surface area contributed by atoms with Crippen LogP contribution in [0.5, 0.6) is 0 Å². The highest BCUT2D eigenvalue weighted by Gasteiger charge is 2.12. The number of hydrogen-bond acceptors (Lipinski definition) is 5. The molecule has 0 saturated carbocycles. The van der Waals surface area contributed by atoms with Crippen LogP contribution in [0.4, 0.5) is 0 Å². The molecule has 0 spiro atoms. The van der Waals surface area contributed by atoms with Crippen molar-refractivity contribution in [2.75, 3.05) is 0 Å². The van der Waals surface area contributed by atoms with Gasteiger partial charge in [0.05, 0.1) is 29.0 Å². The number of H-pyrrole nitrogens is 1. The topological polar surface area (TPSA) is 115 Å². The fourth-order valence-corrected chi connectivity index (χ4v) is 3.27. The first-order valence-electron chi connectivity index (χ1n) is 9.49. The van der Waals surface area contributed by atoms with Crippen LogP contribution in [0.15, 0.2) is 70.8 Å². The average molecular weight is 404 g/mol. The van der Waals surface area contributed by atoms with Crippen LogP contribution in [0.2, 0.25) is 0 Å². The smallest absolute Gasteiger partial charge is 0.273 e. The van der Waals surface area contributed by atoms with Crippen LogP contribution in [0.1, 0.15) is 24.9 Å². The number of rotatable bonds is 6. The number of aryl methyl sites for hydroxylation is 1. The van der Waals surface area contributed by atoms with Gasteiger partial charge >= 0.3 is 0 Å². The highest BCUT2D eigenvalue weighted by molar-refractivity contribution is 5.80. The van der Waals surface area contributed by atoms with E-state index < -0.39 is 0 Å². The second-order valence-corrected chi connectivity index (χ2v) is 6.91. The average Bonchev–Trinajstić information content (AvgIpc) is 3.30. The van der Waals surface area contributed by atoms with Crippen LogP contribution in [0.3, 0.4) is 0 Å². The summed E-state index contributed by atoms with van der Waals surface area (Å²) in [5, 5.41) is 10.2. The molecule has 2 aromatic heterocycles. The number of amides is 1. The second kappa shape index (κ2) is 8.16. The summed E-state index contributed by atoms with van der Waals surface area (Å²) in [7, 11) is 0. The molecule has 0 bridgehead atoms. The maximum Gasteiger partial charge on any atom is 0.273 e. The Morgan fingerprint density at radius 2 is 1.83 bits per heavy atom. The van der Waals surface area contributed by atoms with Gasteiger partial charge in [-0.2, -0.15) is 5.10 Å². The van der Waals surface area contributed by atoms with Crippen molar-refractivity contribution < 1.29 is 4.79 Å². The van der Waals surface area contributed by atoms with Crippen molar-refractivity contribution >= 4 is 16.7 Å². The summed E-state index contributed by atoms with van der Waals surface area (Å²) >= 11 is 0. The number of carbonyl (C=O) groups excluding carboxylic acids is 1. The predicted molar refractivity (Wildman–Crippen MR) is 111 cm³/mol. The van der Waals surface area contributed by atoms with E-state index >= 15 is 0 Å². The van der Waals surface area contributed by atoms with Crippen LogP contribution in [-0.2, 0) is 11.3 Å². The van der Waals surface area contributed by atoms with Crippen LogP contribution in [-0.4, -0.2) is 30.5 Å². The lowest BCUT2D eigenvalue weighted by atomic mass is 10.1. The van der Waals surface area contributed by atoms with E-state index in [0.717, 1.165) is 11.3 Å². The molecule has 4 rings (SSSR count). The zero-order valence-electron chi connectivity index (χ0n) is 16.3. The Morgan fingerprint density at radius 3 is 2.53 bits per heavy atom. The molecule has 0 radical (unpaired) electrons. The summed E-state index contributed by atoms with van der Waals surface area (Å²) in [5.41, 5.74) is 1.12. The van der Waals surface area contributed by atoms with Crippen molar-refractivity contribution in [3.8, 4) is 5.69 Å². The van der Waals surface area contributed by atoms with Gasteiger partial charge in [-0.15, -0.1) is 0 Å². The van der Waals surface area contributed by atoms with E-state index in [1.165, 1.54) is 11.0 Å². The molecule has 1 unspecified atom stereocenters. The highest BCUT2D eigenvalue weighted by atomic mass is 16.2. The van der Waals surface area contributed by atoms with Gasteiger partial charge in [-0.25, -0.2) is 14.3 Å². The van der Waals surface area contributed by atoms with Crippen molar-refractivity contribution in [3.63, 3.8) is 0 Å². The minimum atomic E-state index is -0.355. The third-order valence-corrected chi connectivity index (χ3v) is 4.90. The molecule has 0 fully saturated rings. The number of aromatic nitrogens is 5. The summed E-state index contributed by atoms with van der Waals surface area (Å²) in [5.74, 6) is -0.219. The van der Waals surface area contributed by atoms with Crippen molar-refractivity contribution in [1.29, 1.82) is 0 Å². The summed E-state index contributed by atoms with van der Waals surface area (Å²) in [6.07, 6.45) is 3.14. The van der Waals surface area contributed by atoms with Gasteiger partial charge in [-0.1, -0.05) is 24.3 Å². The molecule has 0 aliphatic heterocycles. The van der Waals surface area contributed by atoms with Crippen LogP contribution < -0.4 is 16.4 Å². The van der Waals surface area contributed by atoms with E-state index in [1.807, 2.05) is 31.2 Å². The molecule has 30 heavy (non-hydrogen) atoms. The molecule has 2 aromatic carbocycles. The molecule has 2 heterocycles. The Labute approximate surface area is 171 Å². The van der Waals surface area contributed by atoms with Gasteiger partial charge in [-0.05, 0) is 36.8 Å². The maximum absolute atomic E-state index is 12.5. The second-order valence-electron chi connectivity index (χ2n) is 6.91. The summed E-state index contributed by atoms with van der Waals surface area (Å²) in [6.45, 7) is 1.97. The first-order valence-corrected chi connectivity index (χ1v) is 9.49. The first-order chi connectivity index (χ1) is 14.5. The Bertz CT molecular complexity index is 1290. The molecule has 9 nitrogen and oxygen atoms in total. The Kier molecular flexibility index (Phi) is 5.25. The molecule has 1 atom stereocenters. The summed E-state index contributed by atoms with van der Waals surface area (Å²) < 4.78 is 2.83. The van der Waals surface area contributed by atoms with E-state index in [0.29, 0.717) is 10.8 Å². The highest BCUT2D eigenvalue weighted by Crippen LogP contribution is 2.15. The maximum atomic E-state index is 12.5. The normalized spacial score (nSPS) is 12.0. The SMILES string of the molecule is CC(NC(=O)CCn1[nH]c(=O)c2ccccc2c1=O)c1ccc(-n2cncn2)cc1. The summed E-state index contributed by atoms with van der Waals surface area (Å²) in [4.78, 5) is 41.0. The largest absolute Gasteiger partial charge is 0.350 e. The van der Waals surface area contributed by atoms with Gasteiger partial charge in [0, 0.05) is 6.42 Å². The number of aromatic amines is 1. The molecule has 0 saturated heterocycles. The zero-order chi connectivity index (χ0) is 21.1. The third kappa shape index (κ3) is 3.90. The minimum Gasteiger partial charge on any atom is -0.350 e. The van der Waals surface area contributed by atoms with E-state index in [2.05, 4.69) is 20.5 Å². The molecule has 9 heteroatoms. The molecule has 0 aliphatic rings. The fourth-order valence-electron chi connectivity index (χ4n) is 3.27. The Morgan fingerprint density at radius 1 is 1.10 bits per heavy atom. The fraction of sp³-hybridized carbons (Fsp3) is 0.190. The van der Waals surface area contributed by atoms with Crippen molar-refractivity contribution in [2.24, 2.45) is 0 Å². The van der Waals surface area contributed by atoms with Crippen molar-refractivity contribution in [3.05, 3.63) is 87.5 Å². The lowest BCUT2D eigenvalue weighted by molar-refractivity contribution is -0.122. The van der Waals surface area contributed by atoms with Gasteiger partial charge in [0.15, 0.2) is 0 Å². The van der Waals surface area contributed by atoms with Crippen molar-refractivity contribution in [2.45, 2.75) is 25.9 Å². The molecular formula is C21H20N6O3. The number of carbonyl (C=O) groups is 1. The monoisotopic (exact) mass is 404 g/mol. The molecule has 1 amide bonds. The van der Waals surface area contributed by atoms with E-state index in [4.69, 9.17) is 0 Å². The molecule has 4 aromatic rings. The van der Waals surface area contributed by atoms with Crippen LogP contribution in [0.25, 0.3) is 16.5 Å². The zero-order valence-corrected chi connectivity index (χ0v) is 16.3. The van der Waals surface area contributed by atoms with Gasteiger partial charge < -0.3 is 5.32 Å². The number of nitrogens with one attached hydrogen (secondary N) is 2. The number of nitrogens with zero attached hydrogens (tertiary/aromatic N) is 4. The van der Waals surface area contributed by atoms with Gasteiger partial charge in [0.1, 0.15) is 12.7 Å². The van der Waals surface area contributed by atoms with Gasteiger partial charge in [-0.3, -0.25) is 19.5 Å². The quantitative estimate of drug-likeness (QED) is 0.506. The van der Waals surface area contributed by atoms with Crippen molar-refractivity contribution in [1.82, 2.24) is 29.9 Å². The molecular weight excluding hydrogens is 384 g/mol. The number of hydrogen-bond donors (Lipinski definition) is 2. The van der Waals surface area contributed by atoms with E-state index in [1.54, 1.807) is 35.3 Å². The Balaban J connectivity index is 1.40. The predicted octanol–water partition coefficient (Wildman–Crippen LogP) is 1.54. The lowest BCUT2D eigenvalue weighted by Crippen LogP contribution is -2.33. The molecule has 0 aliphatic carbocycles. The lowest BCUT2D eigenvalue weighted by Gasteiger charge is -2.15. The standard InChI is InChI=1S/C21H20N6O3/c1-14(15-6-8-16(9-7-15)27-13-22-12-23-27)24-19(28)10-11-26-21(30)18-5-3-2-4-17(18)20(29)25-26/h2-9,12-14H,10-11H2,1H3,(H,24,28)(H,25,29). The molecule has 152 valence electrons. The van der Waals surface area contributed by atoms with E-state index in [-0.39, 0.29) is 36.0 Å². The Hall–Kier alpha value is -4.01. The van der Waals surface area contributed by atoms with Gasteiger partial charge in [0.2, 0.25) is 5.91 Å². The van der Waals surface area contributed by atoms with E-state index in [9.17, 15) is 14.4 Å². The minimum absolute atomic E-state index is 0.0650. The first kappa shape index (κ1) is 19.3. The van der Waals surface area contributed by atoms with Crippen LogP contribution >= 0.6 is 0 Å². The number of fused-ring (bicyclic) bond motifs is 1. The molecule has 2 N–H and O–H groups in total. The van der Waals surface area contributed by atoms with Gasteiger partial charge in [0.25, 0.3) is 11.1 Å². The third-order valence-electron chi connectivity index (χ3n) is 4.90. The number of benzene rings is 2.